The van der Waals surface area contributed by atoms with Gasteiger partial charge in [-0.15, -0.1) is 0 Å². The molecule has 4 rings (SSSR count). The molecule has 1 saturated heterocycles. The van der Waals surface area contributed by atoms with Crippen LogP contribution in [0.25, 0.3) is 11.0 Å². The van der Waals surface area contributed by atoms with E-state index in [1.54, 1.807) is 42.2 Å². The van der Waals surface area contributed by atoms with Crippen LogP contribution in [0.4, 0.5) is 5.82 Å². The van der Waals surface area contributed by atoms with Gasteiger partial charge in [-0.05, 0) is 25.5 Å². The number of hydrogen-bond acceptors (Lipinski definition) is 6. The topological polar surface area (TPSA) is 96.9 Å². The summed E-state index contributed by atoms with van der Waals surface area (Å²) in [7, 11) is 0. The van der Waals surface area contributed by atoms with Crippen molar-refractivity contribution in [1.29, 1.82) is 0 Å². The third-order valence-electron chi connectivity index (χ3n) is 4.49. The lowest BCUT2D eigenvalue weighted by Gasteiger charge is -2.25. The first-order chi connectivity index (χ1) is 13.0. The van der Waals surface area contributed by atoms with Gasteiger partial charge in [0.05, 0.1) is 0 Å². The summed E-state index contributed by atoms with van der Waals surface area (Å²) in [6.45, 7) is 2.24. The van der Waals surface area contributed by atoms with Crippen LogP contribution < -0.4 is 10.5 Å². The van der Waals surface area contributed by atoms with Gasteiger partial charge in [-0.1, -0.05) is 23.4 Å². The first-order valence-corrected chi connectivity index (χ1v) is 8.59. The second-order valence-electron chi connectivity index (χ2n) is 6.42. The highest BCUT2D eigenvalue weighted by atomic mass is 16.5. The molecule has 1 fully saturated rings. The minimum absolute atomic E-state index is 0.00406. The van der Waals surface area contributed by atoms with Crippen molar-refractivity contribution < 1.29 is 18.5 Å². The molecule has 0 radical (unpaired) electrons. The van der Waals surface area contributed by atoms with Crippen molar-refractivity contribution in [2.24, 2.45) is 0 Å². The van der Waals surface area contributed by atoms with Crippen molar-refractivity contribution in [2.75, 3.05) is 18.1 Å². The van der Waals surface area contributed by atoms with Crippen molar-refractivity contribution in [3.8, 4) is 0 Å². The number of aromatic nitrogens is 1. The van der Waals surface area contributed by atoms with E-state index in [1.807, 2.05) is 0 Å². The lowest BCUT2D eigenvalue weighted by atomic mass is 10.1. The quantitative estimate of drug-likeness (QED) is 0.657. The fourth-order valence-electron chi connectivity index (χ4n) is 3.10. The molecule has 3 aromatic rings. The lowest BCUT2D eigenvalue weighted by molar-refractivity contribution is -0.127. The summed E-state index contributed by atoms with van der Waals surface area (Å²) < 4.78 is 10.3. The van der Waals surface area contributed by atoms with Crippen LogP contribution in [0, 0.1) is 6.92 Å². The van der Waals surface area contributed by atoms with Gasteiger partial charge < -0.3 is 13.8 Å². The van der Waals surface area contributed by atoms with E-state index in [-0.39, 0.29) is 24.0 Å². The lowest BCUT2D eigenvalue weighted by Crippen LogP contribution is -2.43. The van der Waals surface area contributed by atoms with Gasteiger partial charge in [0.2, 0.25) is 5.91 Å². The first kappa shape index (κ1) is 17.0. The van der Waals surface area contributed by atoms with E-state index >= 15 is 0 Å². The molecule has 138 valence electrons. The zero-order chi connectivity index (χ0) is 19.0. The number of likely N-dealkylation sites (tertiary alicyclic amines) is 1. The third kappa shape index (κ3) is 3.21. The Balaban J connectivity index is 1.75. The largest absolute Gasteiger partial charge is 0.422 e. The van der Waals surface area contributed by atoms with Crippen molar-refractivity contribution in [2.45, 2.75) is 19.8 Å². The summed E-state index contributed by atoms with van der Waals surface area (Å²) >= 11 is 0. The molecule has 3 heterocycles. The Labute approximate surface area is 153 Å². The van der Waals surface area contributed by atoms with E-state index in [0.29, 0.717) is 29.7 Å². The molecule has 0 unspecified atom stereocenters. The predicted octanol–water partition coefficient (Wildman–Crippen LogP) is 2.32. The van der Waals surface area contributed by atoms with Crippen LogP contribution in [0.1, 0.15) is 29.0 Å². The fourth-order valence-corrected chi connectivity index (χ4v) is 3.10. The zero-order valence-corrected chi connectivity index (χ0v) is 14.7. The standard InChI is InChI=1S/C19H17N3O5/c1-12-9-16(20-27-12)22(11-21-8-4-7-17(21)23)18(24)14-10-13-5-2-3-6-15(13)26-19(14)25/h2-3,5-6,9-10H,4,7-8,11H2,1H3. The molecule has 1 aliphatic rings. The molecule has 1 aliphatic heterocycles. The van der Waals surface area contributed by atoms with Gasteiger partial charge in [0.15, 0.2) is 5.82 Å². The maximum atomic E-state index is 13.2. The van der Waals surface area contributed by atoms with Crippen LogP contribution in [0.2, 0.25) is 0 Å². The second kappa shape index (κ2) is 6.71. The summed E-state index contributed by atoms with van der Waals surface area (Å²) in [6.07, 6.45) is 1.18. The SMILES string of the molecule is Cc1cc(N(CN2CCCC2=O)C(=O)c2cc3ccccc3oc2=O)no1. The van der Waals surface area contributed by atoms with E-state index in [9.17, 15) is 14.4 Å². The first-order valence-electron chi connectivity index (χ1n) is 8.59. The Morgan fingerprint density at radius 2 is 2.07 bits per heavy atom. The van der Waals surface area contributed by atoms with Crippen LogP contribution >= 0.6 is 0 Å². The minimum Gasteiger partial charge on any atom is -0.422 e. The molecular formula is C19H17N3O5. The Morgan fingerprint density at radius 3 is 2.78 bits per heavy atom. The Morgan fingerprint density at radius 1 is 1.26 bits per heavy atom. The molecule has 0 atom stereocenters. The normalized spacial score (nSPS) is 14.1. The molecule has 2 aromatic heterocycles. The third-order valence-corrected chi connectivity index (χ3v) is 4.49. The van der Waals surface area contributed by atoms with Crippen LogP contribution in [0.5, 0.6) is 0 Å². The summed E-state index contributed by atoms with van der Waals surface area (Å²) in [5.74, 6) is 0.118. The Hall–Kier alpha value is -3.42. The van der Waals surface area contributed by atoms with Crippen LogP contribution in [0.3, 0.4) is 0 Å². The minimum atomic E-state index is -0.739. The second-order valence-corrected chi connectivity index (χ2v) is 6.42. The average Bonchev–Trinajstić information content (AvgIpc) is 3.26. The predicted molar refractivity (Wildman–Crippen MR) is 96.3 cm³/mol. The summed E-state index contributed by atoms with van der Waals surface area (Å²) in [6, 6.07) is 10.0. The number of para-hydroxylation sites is 1. The van der Waals surface area contributed by atoms with Gasteiger partial charge in [-0.2, -0.15) is 0 Å². The van der Waals surface area contributed by atoms with Crippen molar-refractivity contribution >= 4 is 28.6 Å². The van der Waals surface area contributed by atoms with Gasteiger partial charge in [0.25, 0.3) is 5.91 Å². The van der Waals surface area contributed by atoms with E-state index in [0.717, 1.165) is 6.42 Å². The number of carbonyl (C=O) groups excluding carboxylic acids is 2. The average molecular weight is 367 g/mol. The highest BCUT2D eigenvalue weighted by Gasteiger charge is 2.29. The van der Waals surface area contributed by atoms with E-state index in [4.69, 9.17) is 8.94 Å². The molecule has 2 amide bonds. The van der Waals surface area contributed by atoms with Crippen LogP contribution in [0.15, 0.2) is 50.1 Å². The number of aryl methyl sites for hydroxylation is 1. The Kier molecular flexibility index (Phi) is 4.23. The summed E-state index contributed by atoms with van der Waals surface area (Å²) in [5.41, 5.74) is -0.463. The van der Waals surface area contributed by atoms with Crippen molar-refractivity contribution in [3.63, 3.8) is 0 Å². The van der Waals surface area contributed by atoms with E-state index in [1.165, 1.54) is 11.0 Å². The van der Waals surface area contributed by atoms with Crippen LogP contribution in [-0.4, -0.2) is 35.1 Å². The van der Waals surface area contributed by atoms with Gasteiger partial charge in [-0.25, -0.2) is 4.79 Å². The van der Waals surface area contributed by atoms with E-state index in [2.05, 4.69) is 5.16 Å². The molecule has 27 heavy (non-hydrogen) atoms. The number of fused-ring (bicyclic) bond motifs is 1. The molecule has 0 bridgehead atoms. The fraction of sp³-hybridized carbons (Fsp3) is 0.263. The maximum Gasteiger partial charge on any atom is 0.349 e. The van der Waals surface area contributed by atoms with E-state index < -0.39 is 11.5 Å². The number of amides is 2. The Bertz CT molecular complexity index is 1080. The summed E-state index contributed by atoms with van der Waals surface area (Å²) in [4.78, 5) is 40.4. The maximum absolute atomic E-state index is 13.2. The molecule has 0 spiro atoms. The molecule has 0 saturated carbocycles. The molecule has 0 N–H and O–H groups in total. The number of rotatable bonds is 4. The zero-order valence-electron chi connectivity index (χ0n) is 14.7. The molecule has 1 aromatic carbocycles. The monoisotopic (exact) mass is 367 g/mol. The summed E-state index contributed by atoms with van der Waals surface area (Å²) in [5, 5.41) is 4.51. The number of hydrogen-bond donors (Lipinski definition) is 0. The van der Waals surface area contributed by atoms with Crippen LogP contribution in [-0.2, 0) is 4.79 Å². The molecular weight excluding hydrogens is 350 g/mol. The number of nitrogens with zero attached hydrogens (tertiary/aromatic N) is 3. The van der Waals surface area contributed by atoms with Gasteiger partial charge in [0.1, 0.15) is 23.6 Å². The van der Waals surface area contributed by atoms with Gasteiger partial charge >= 0.3 is 5.63 Å². The number of anilines is 1. The van der Waals surface area contributed by atoms with Crippen molar-refractivity contribution in [1.82, 2.24) is 10.1 Å². The van der Waals surface area contributed by atoms with Gasteiger partial charge in [0, 0.05) is 24.4 Å². The highest BCUT2D eigenvalue weighted by Crippen LogP contribution is 2.21. The molecule has 8 heteroatoms. The van der Waals surface area contributed by atoms with Crippen molar-refractivity contribution in [3.05, 3.63) is 58.1 Å². The number of carbonyl (C=O) groups is 2. The number of benzene rings is 1. The molecule has 8 nitrogen and oxygen atoms in total. The van der Waals surface area contributed by atoms with Gasteiger partial charge in [-0.3, -0.25) is 14.5 Å². The highest BCUT2D eigenvalue weighted by molar-refractivity contribution is 6.06. The molecule has 0 aliphatic carbocycles. The smallest absolute Gasteiger partial charge is 0.349 e.